The van der Waals surface area contributed by atoms with Crippen LogP contribution in [0.15, 0.2) is 30.3 Å². The molecule has 0 fully saturated rings. The van der Waals surface area contributed by atoms with E-state index in [2.05, 4.69) is 5.32 Å². The van der Waals surface area contributed by atoms with Crippen molar-refractivity contribution < 1.29 is 14.3 Å². The Balaban J connectivity index is 2.33. The summed E-state index contributed by atoms with van der Waals surface area (Å²) in [6.45, 7) is 1.65. The number of hydrogen-bond acceptors (Lipinski definition) is 3. The highest BCUT2D eigenvalue weighted by Gasteiger charge is 2.13. The monoisotopic (exact) mass is 241 g/mol. The zero-order valence-corrected chi connectivity index (χ0v) is 9.53. The molecule has 86 valence electrons. The van der Waals surface area contributed by atoms with E-state index < -0.39 is 17.4 Å². The Morgan fingerprint density at radius 2 is 2.00 bits per heavy atom. The van der Waals surface area contributed by atoms with Crippen LogP contribution in [0.25, 0.3) is 0 Å². The van der Waals surface area contributed by atoms with Gasteiger partial charge in [-0.05, 0) is 24.1 Å². The van der Waals surface area contributed by atoms with Crippen molar-refractivity contribution in [2.75, 3.05) is 0 Å². The summed E-state index contributed by atoms with van der Waals surface area (Å²) >= 11 is 5.18. The third-order valence-electron chi connectivity index (χ3n) is 1.89. The van der Waals surface area contributed by atoms with Crippen LogP contribution in [-0.4, -0.2) is 17.4 Å². The van der Waals surface area contributed by atoms with E-state index in [0.717, 1.165) is 5.56 Å². The highest BCUT2D eigenvalue weighted by Crippen LogP contribution is 2.01. The number of rotatable bonds is 4. The quantitative estimate of drug-likeness (QED) is 0.821. The number of carbonyl (C=O) groups excluding carboxylic acids is 2. The molecule has 5 heteroatoms. The van der Waals surface area contributed by atoms with E-state index in [-0.39, 0.29) is 6.61 Å². The Labute approximate surface area is 98.5 Å². The molecule has 0 heterocycles. The molecule has 0 aromatic heterocycles. The number of ether oxygens (including phenoxy) is 1. The van der Waals surface area contributed by atoms with Gasteiger partial charge in [0, 0.05) is 0 Å². The normalized spacial score (nSPS) is 11.6. The molecule has 0 saturated heterocycles. The Morgan fingerprint density at radius 1 is 1.38 bits per heavy atom. The molecule has 1 N–H and O–H groups in total. The first-order valence-electron chi connectivity index (χ1n) is 4.76. The maximum Gasteiger partial charge on any atom is 0.408 e. The van der Waals surface area contributed by atoms with Crippen molar-refractivity contribution in [2.24, 2.45) is 0 Å². The van der Waals surface area contributed by atoms with Gasteiger partial charge in [0.25, 0.3) is 0 Å². The van der Waals surface area contributed by atoms with Gasteiger partial charge in [0.1, 0.15) is 12.6 Å². The lowest BCUT2D eigenvalue weighted by Gasteiger charge is -2.09. The third-order valence-corrected chi connectivity index (χ3v) is 2.21. The molecule has 4 nitrogen and oxygen atoms in total. The largest absolute Gasteiger partial charge is 0.445 e. The molecule has 0 aliphatic rings. The molecule has 0 bridgehead atoms. The number of carbonyl (C=O) groups is 2. The van der Waals surface area contributed by atoms with Gasteiger partial charge in [0.15, 0.2) is 0 Å². The molecular formula is C11H12ClNO3. The van der Waals surface area contributed by atoms with Crippen LogP contribution in [0.2, 0.25) is 0 Å². The minimum atomic E-state index is -0.745. The Hall–Kier alpha value is -1.55. The Morgan fingerprint density at radius 3 is 2.56 bits per heavy atom. The van der Waals surface area contributed by atoms with E-state index in [1.54, 1.807) is 0 Å². The standard InChI is InChI=1S/C11H12ClNO3/c1-8(10(12)14)13-11(15)16-7-9-5-3-2-4-6-9/h2-6,8H,7H2,1H3,(H,13,15)/t8-/m1/s1. The van der Waals surface area contributed by atoms with Gasteiger partial charge in [-0.15, -0.1) is 0 Å². The first-order valence-corrected chi connectivity index (χ1v) is 5.14. The van der Waals surface area contributed by atoms with E-state index in [9.17, 15) is 9.59 Å². The predicted molar refractivity (Wildman–Crippen MR) is 60.1 cm³/mol. The fourth-order valence-corrected chi connectivity index (χ4v) is 1.05. The number of hydrogen-bond donors (Lipinski definition) is 1. The number of halogens is 1. The van der Waals surface area contributed by atoms with Crippen LogP contribution in [0.1, 0.15) is 12.5 Å². The summed E-state index contributed by atoms with van der Waals surface area (Å²) in [6, 6.07) is 8.50. The van der Waals surface area contributed by atoms with Crippen molar-refractivity contribution in [3.63, 3.8) is 0 Å². The van der Waals surface area contributed by atoms with E-state index in [1.807, 2.05) is 30.3 Å². The fourth-order valence-electron chi connectivity index (χ4n) is 0.998. The molecule has 1 rings (SSSR count). The first kappa shape index (κ1) is 12.5. The van der Waals surface area contributed by atoms with Gasteiger partial charge >= 0.3 is 6.09 Å². The Bertz CT molecular complexity index is 367. The van der Waals surface area contributed by atoms with Gasteiger partial charge in [0.05, 0.1) is 0 Å². The summed E-state index contributed by atoms with van der Waals surface area (Å²) in [5.74, 6) is 0. The summed E-state index contributed by atoms with van der Waals surface area (Å²) in [4.78, 5) is 21.8. The summed E-state index contributed by atoms with van der Waals surface area (Å²) in [5.41, 5.74) is 0.877. The van der Waals surface area contributed by atoms with Crippen LogP contribution >= 0.6 is 11.6 Å². The lowest BCUT2D eigenvalue weighted by Crippen LogP contribution is -2.36. The van der Waals surface area contributed by atoms with Crippen molar-refractivity contribution in [1.82, 2.24) is 5.32 Å². The topological polar surface area (TPSA) is 55.4 Å². The SMILES string of the molecule is C[C@@H](NC(=O)OCc1ccccc1)C(=O)Cl. The zero-order valence-electron chi connectivity index (χ0n) is 8.77. The molecule has 1 atom stereocenters. The molecule has 16 heavy (non-hydrogen) atoms. The summed E-state index contributed by atoms with van der Waals surface area (Å²) in [5, 5.41) is 1.68. The van der Waals surface area contributed by atoms with E-state index >= 15 is 0 Å². The molecule has 0 aliphatic heterocycles. The number of amides is 1. The van der Waals surface area contributed by atoms with Gasteiger partial charge < -0.3 is 10.1 Å². The van der Waals surface area contributed by atoms with Crippen molar-refractivity contribution in [2.45, 2.75) is 19.6 Å². The second kappa shape index (κ2) is 6.12. The predicted octanol–water partition coefficient (Wildman–Crippen LogP) is 2.07. The van der Waals surface area contributed by atoms with Gasteiger partial charge in [-0.2, -0.15) is 0 Å². The van der Waals surface area contributed by atoms with Gasteiger partial charge in [0.2, 0.25) is 5.24 Å². The molecule has 0 spiro atoms. The van der Waals surface area contributed by atoms with Crippen molar-refractivity contribution in [3.05, 3.63) is 35.9 Å². The minimum Gasteiger partial charge on any atom is -0.445 e. The molecule has 1 aromatic rings. The first-order chi connectivity index (χ1) is 7.59. The van der Waals surface area contributed by atoms with Gasteiger partial charge in [-0.1, -0.05) is 30.3 Å². The number of alkyl carbamates (subject to hydrolysis) is 1. The highest BCUT2D eigenvalue weighted by molar-refractivity contribution is 6.64. The molecule has 0 aliphatic carbocycles. The highest BCUT2D eigenvalue weighted by atomic mass is 35.5. The third kappa shape index (κ3) is 4.31. The summed E-state index contributed by atoms with van der Waals surface area (Å²) in [7, 11) is 0. The maximum atomic E-state index is 11.2. The molecule has 1 amide bonds. The van der Waals surface area contributed by atoms with E-state index in [0.29, 0.717) is 0 Å². The summed E-state index contributed by atoms with van der Waals surface area (Å²) in [6.07, 6.45) is -0.662. The molecule has 0 radical (unpaired) electrons. The Kier molecular flexibility index (Phi) is 4.79. The van der Waals surface area contributed by atoms with Crippen molar-refractivity contribution in [1.29, 1.82) is 0 Å². The average Bonchev–Trinajstić information content (AvgIpc) is 2.27. The van der Waals surface area contributed by atoms with Crippen LogP contribution in [0, 0.1) is 0 Å². The number of nitrogens with one attached hydrogen (secondary N) is 1. The smallest absolute Gasteiger partial charge is 0.408 e. The maximum absolute atomic E-state index is 11.2. The lowest BCUT2D eigenvalue weighted by atomic mass is 10.2. The second-order valence-electron chi connectivity index (χ2n) is 3.23. The average molecular weight is 242 g/mol. The fraction of sp³-hybridized carbons (Fsp3) is 0.273. The van der Waals surface area contributed by atoms with Crippen LogP contribution < -0.4 is 5.32 Å². The molecule has 1 aromatic carbocycles. The van der Waals surface area contributed by atoms with Crippen LogP contribution in [0.3, 0.4) is 0 Å². The molecule has 0 saturated carbocycles. The van der Waals surface area contributed by atoms with E-state index in [4.69, 9.17) is 16.3 Å². The van der Waals surface area contributed by atoms with Crippen LogP contribution in [0.4, 0.5) is 4.79 Å². The molecule has 0 unspecified atom stereocenters. The lowest BCUT2D eigenvalue weighted by molar-refractivity contribution is -0.113. The second-order valence-corrected chi connectivity index (χ2v) is 3.60. The zero-order chi connectivity index (χ0) is 12.0. The number of benzene rings is 1. The van der Waals surface area contributed by atoms with Gasteiger partial charge in [-0.25, -0.2) is 4.79 Å². The summed E-state index contributed by atoms with van der Waals surface area (Å²) < 4.78 is 4.89. The van der Waals surface area contributed by atoms with Crippen LogP contribution in [0.5, 0.6) is 0 Å². The van der Waals surface area contributed by atoms with Crippen LogP contribution in [-0.2, 0) is 16.1 Å². The molecular weight excluding hydrogens is 230 g/mol. The van der Waals surface area contributed by atoms with Gasteiger partial charge in [-0.3, -0.25) is 4.79 Å². The van der Waals surface area contributed by atoms with Crippen molar-refractivity contribution in [3.8, 4) is 0 Å². The minimum absolute atomic E-state index is 0.163. The van der Waals surface area contributed by atoms with Crippen molar-refractivity contribution >= 4 is 22.9 Å². The van der Waals surface area contributed by atoms with E-state index in [1.165, 1.54) is 6.92 Å².